The van der Waals surface area contributed by atoms with E-state index >= 15 is 0 Å². The van der Waals surface area contributed by atoms with Crippen LogP contribution in [-0.4, -0.2) is 26.0 Å². The van der Waals surface area contributed by atoms with Crippen LogP contribution >= 0.6 is 0 Å². The summed E-state index contributed by atoms with van der Waals surface area (Å²) in [4.78, 5) is 11.6. The average molecular weight is 206 g/mol. The Balaban J connectivity index is 2.35. The minimum atomic E-state index is -0.125. The van der Waals surface area contributed by atoms with Crippen LogP contribution in [0.1, 0.15) is 11.5 Å². The quantitative estimate of drug-likeness (QED) is 0.765. The molecule has 1 aromatic carbocycles. The van der Waals surface area contributed by atoms with Crippen molar-refractivity contribution in [3.8, 4) is 5.75 Å². The molecule has 80 valence electrons. The molecule has 0 saturated heterocycles. The van der Waals surface area contributed by atoms with E-state index in [2.05, 4.69) is 5.32 Å². The van der Waals surface area contributed by atoms with Gasteiger partial charge in [-0.3, -0.25) is 4.79 Å². The van der Waals surface area contributed by atoms with Crippen LogP contribution in [0, 0.1) is 0 Å². The van der Waals surface area contributed by atoms with E-state index in [1.807, 2.05) is 18.2 Å². The number of ether oxygens (including phenoxy) is 1. The zero-order valence-electron chi connectivity index (χ0n) is 8.62. The zero-order valence-corrected chi connectivity index (χ0v) is 8.62. The van der Waals surface area contributed by atoms with Gasteiger partial charge in [0.25, 0.3) is 0 Å². The number of hydrogen-bond acceptors (Lipinski definition) is 4. The first-order valence-electron chi connectivity index (χ1n) is 4.91. The maximum atomic E-state index is 11.6. The van der Waals surface area contributed by atoms with Crippen molar-refractivity contribution in [2.24, 2.45) is 5.73 Å². The number of carbonyl (C=O) groups is 1. The second-order valence-electron chi connectivity index (χ2n) is 3.56. The largest absolute Gasteiger partial charge is 0.497 e. The van der Waals surface area contributed by atoms with Crippen LogP contribution in [0.4, 0.5) is 5.69 Å². The van der Waals surface area contributed by atoms with Crippen molar-refractivity contribution >= 4 is 11.5 Å². The normalized spacial score (nSPS) is 18.1. The first-order valence-corrected chi connectivity index (χ1v) is 4.91. The van der Waals surface area contributed by atoms with Crippen LogP contribution in [0.15, 0.2) is 18.2 Å². The van der Waals surface area contributed by atoms with Gasteiger partial charge in [0.05, 0.1) is 19.6 Å². The van der Waals surface area contributed by atoms with Crippen LogP contribution in [0.3, 0.4) is 0 Å². The zero-order chi connectivity index (χ0) is 10.8. The fourth-order valence-electron chi connectivity index (χ4n) is 1.87. The Morgan fingerprint density at radius 3 is 3.13 bits per heavy atom. The van der Waals surface area contributed by atoms with Gasteiger partial charge in [0.15, 0.2) is 5.78 Å². The summed E-state index contributed by atoms with van der Waals surface area (Å²) < 4.78 is 5.13. The molecule has 0 aliphatic carbocycles. The Hall–Kier alpha value is -1.55. The maximum Gasteiger partial charge on any atom is 0.155 e. The molecule has 15 heavy (non-hydrogen) atoms. The molecule has 0 aromatic heterocycles. The molecule has 3 N–H and O–H groups in total. The third kappa shape index (κ3) is 1.68. The molecule has 2 rings (SSSR count). The number of anilines is 1. The van der Waals surface area contributed by atoms with Gasteiger partial charge >= 0.3 is 0 Å². The van der Waals surface area contributed by atoms with Crippen molar-refractivity contribution in [1.82, 2.24) is 0 Å². The van der Waals surface area contributed by atoms with Crippen LogP contribution in [0.5, 0.6) is 5.75 Å². The van der Waals surface area contributed by atoms with Crippen molar-refractivity contribution < 1.29 is 9.53 Å². The van der Waals surface area contributed by atoms with Crippen molar-refractivity contribution in [3.05, 3.63) is 23.8 Å². The Labute approximate surface area is 88.4 Å². The van der Waals surface area contributed by atoms with Crippen molar-refractivity contribution in [2.75, 3.05) is 25.5 Å². The van der Waals surface area contributed by atoms with Gasteiger partial charge in [0.1, 0.15) is 5.75 Å². The first kappa shape index (κ1) is 9.98. The molecule has 1 atom stereocenters. The monoisotopic (exact) mass is 206 g/mol. The predicted molar refractivity (Wildman–Crippen MR) is 58.3 cm³/mol. The molecule has 1 unspecified atom stereocenters. The Morgan fingerprint density at radius 1 is 1.67 bits per heavy atom. The van der Waals surface area contributed by atoms with E-state index in [1.54, 1.807) is 7.11 Å². The molecule has 0 saturated carbocycles. The third-order valence-electron chi connectivity index (χ3n) is 2.72. The summed E-state index contributed by atoms with van der Waals surface area (Å²) >= 11 is 0. The number of methoxy groups -OCH3 is 1. The molecule has 1 aromatic rings. The van der Waals surface area contributed by atoms with Crippen LogP contribution in [0.2, 0.25) is 0 Å². The lowest BCUT2D eigenvalue weighted by atomic mass is 9.96. The maximum absolute atomic E-state index is 11.6. The molecular weight excluding hydrogens is 192 g/mol. The third-order valence-corrected chi connectivity index (χ3v) is 2.72. The summed E-state index contributed by atoms with van der Waals surface area (Å²) in [6.45, 7) is 0.724. The molecule has 0 radical (unpaired) electrons. The lowest BCUT2D eigenvalue weighted by molar-refractivity contribution is -0.118. The van der Waals surface area contributed by atoms with Gasteiger partial charge in [-0.1, -0.05) is 0 Å². The molecule has 4 nitrogen and oxygen atoms in total. The van der Waals surface area contributed by atoms with E-state index in [0.717, 1.165) is 17.0 Å². The number of hydrogen-bond donors (Lipinski definition) is 2. The van der Waals surface area contributed by atoms with Gasteiger partial charge < -0.3 is 15.8 Å². The minimum Gasteiger partial charge on any atom is -0.497 e. The Kier molecular flexibility index (Phi) is 2.60. The smallest absolute Gasteiger partial charge is 0.155 e. The lowest BCUT2D eigenvalue weighted by Gasteiger charge is -2.08. The van der Waals surface area contributed by atoms with Crippen LogP contribution in [-0.2, 0) is 4.79 Å². The average Bonchev–Trinajstić information content (AvgIpc) is 2.70. The Morgan fingerprint density at radius 2 is 2.47 bits per heavy atom. The van der Waals surface area contributed by atoms with Crippen molar-refractivity contribution in [3.63, 3.8) is 0 Å². The summed E-state index contributed by atoms with van der Waals surface area (Å²) in [6, 6.07) is 5.70. The molecule has 0 bridgehead atoms. The summed E-state index contributed by atoms with van der Waals surface area (Å²) in [5, 5.41) is 3.18. The Bertz CT molecular complexity index is 390. The number of ketones is 1. The van der Waals surface area contributed by atoms with E-state index in [0.29, 0.717) is 6.54 Å². The summed E-state index contributed by atoms with van der Waals surface area (Å²) in [5.41, 5.74) is 7.36. The molecule has 0 spiro atoms. The van der Waals surface area contributed by atoms with Crippen molar-refractivity contribution in [1.29, 1.82) is 0 Å². The standard InChI is InChI=1S/C11H14N2O2/c1-15-7-2-3-10-8(4-7)9(6-13-10)11(14)5-12/h2-4,9,13H,5-6,12H2,1H3. The van der Waals surface area contributed by atoms with Gasteiger partial charge in [0.2, 0.25) is 0 Å². The van der Waals surface area contributed by atoms with Gasteiger partial charge in [0, 0.05) is 12.2 Å². The van der Waals surface area contributed by atoms with Gasteiger partial charge in [-0.2, -0.15) is 0 Å². The summed E-state index contributed by atoms with van der Waals surface area (Å²) in [6.07, 6.45) is 0. The van der Waals surface area contributed by atoms with Crippen LogP contribution in [0.25, 0.3) is 0 Å². The van der Waals surface area contributed by atoms with E-state index in [4.69, 9.17) is 10.5 Å². The SMILES string of the molecule is COc1ccc2c(c1)C(C(=O)CN)CN2. The van der Waals surface area contributed by atoms with Crippen LogP contribution < -0.4 is 15.8 Å². The van der Waals surface area contributed by atoms with E-state index in [-0.39, 0.29) is 18.2 Å². The molecule has 0 amide bonds. The molecule has 1 heterocycles. The van der Waals surface area contributed by atoms with Gasteiger partial charge in [-0.15, -0.1) is 0 Å². The van der Waals surface area contributed by atoms with Crippen molar-refractivity contribution in [2.45, 2.75) is 5.92 Å². The summed E-state index contributed by atoms with van der Waals surface area (Å²) in [7, 11) is 1.61. The molecule has 0 fully saturated rings. The highest BCUT2D eigenvalue weighted by molar-refractivity contribution is 5.91. The van der Waals surface area contributed by atoms with E-state index in [1.165, 1.54) is 0 Å². The predicted octanol–water partition coefficient (Wildman–Crippen LogP) is 0.732. The number of carbonyl (C=O) groups excluding carboxylic acids is 1. The highest BCUT2D eigenvalue weighted by atomic mass is 16.5. The second kappa shape index (κ2) is 3.90. The topological polar surface area (TPSA) is 64.3 Å². The van der Waals surface area contributed by atoms with E-state index < -0.39 is 0 Å². The fourth-order valence-corrected chi connectivity index (χ4v) is 1.87. The number of fused-ring (bicyclic) bond motifs is 1. The highest BCUT2D eigenvalue weighted by Crippen LogP contribution is 2.34. The molecule has 1 aliphatic heterocycles. The fraction of sp³-hybridized carbons (Fsp3) is 0.364. The second-order valence-corrected chi connectivity index (χ2v) is 3.56. The number of nitrogens with one attached hydrogen (secondary N) is 1. The number of benzene rings is 1. The number of nitrogens with two attached hydrogens (primary N) is 1. The number of Topliss-reactive ketones (excluding diaryl/α,β-unsaturated/α-hetero) is 1. The molecule has 4 heteroatoms. The lowest BCUT2D eigenvalue weighted by Crippen LogP contribution is -2.22. The highest BCUT2D eigenvalue weighted by Gasteiger charge is 2.27. The molecular formula is C11H14N2O2. The first-order chi connectivity index (χ1) is 7.26. The molecule has 1 aliphatic rings. The summed E-state index contributed by atoms with van der Waals surface area (Å²) in [5.74, 6) is 0.710. The number of rotatable bonds is 3. The van der Waals surface area contributed by atoms with Gasteiger partial charge in [-0.05, 0) is 23.8 Å². The van der Waals surface area contributed by atoms with Gasteiger partial charge in [-0.25, -0.2) is 0 Å². The minimum absolute atomic E-state index is 0.0644. The van der Waals surface area contributed by atoms with E-state index in [9.17, 15) is 4.79 Å².